The Labute approximate surface area is 108 Å². The molecule has 0 bridgehead atoms. The number of hydrogen-bond donors (Lipinski definition) is 1. The Bertz CT molecular complexity index is 403. The smallest absolute Gasteiger partial charge is 0.249 e. The zero-order valence-electron chi connectivity index (χ0n) is 10.6. The summed E-state index contributed by atoms with van der Waals surface area (Å²) in [4.78, 5) is 11.8. The van der Waals surface area contributed by atoms with Crippen LogP contribution in [0.3, 0.4) is 0 Å². The fraction of sp³-hybridized carbons (Fsp3) is 0.909. The Morgan fingerprint density at radius 2 is 2.17 bits per heavy atom. The molecule has 0 saturated carbocycles. The van der Waals surface area contributed by atoms with Crippen molar-refractivity contribution in [1.82, 2.24) is 9.62 Å². The molecule has 2 atom stereocenters. The molecule has 2 rings (SSSR count). The summed E-state index contributed by atoms with van der Waals surface area (Å²) in [7, 11) is -3.17. The molecule has 0 aromatic carbocycles. The summed E-state index contributed by atoms with van der Waals surface area (Å²) in [6, 6.07) is -0.106. The lowest BCUT2D eigenvalue weighted by Crippen LogP contribution is -2.45. The minimum Gasteiger partial charge on any atom is -0.368 e. The maximum absolute atomic E-state index is 11.8. The van der Waals surface area contributed by atoms with Crippen LogP contribution in [0.15, 0.2) is 0 Å². The second-order valence-electron chi connectivity index (χ2n) is 4.92. The van der Waals surface area contributed by atoms with Crippen LogP contribution in [0, 0.1) is 0 Å². The van der Waals surface area contributed by atoms with E-state index in [2.05, 4.69) is 5.32 Å². The molecule has 0 aliphatic carbocycles. The number of sulfonamides is 1. The van der Waals surface area contributed by atoms with Gasteiger partial charge in [-0.1, -0.05) is 0 Å². The van der Waals surface area contributed by atoms with Gasteiger partial charge in [-0.2, -0.15) is 4.31 Å². The van der Waals surface area contributed by atoms with Gasteiger partial charge in [0.05, 0.1) is 6.26 Å². The first-order chi connectivity index (χ1) is 8.48. The monoisotopic (exact) mass is 276 g/mol. The standard InChI is InChI=1S/C11H20N2O4S/c1-18(15,16)13-6-2-4-9(13)8-12-11(14)10-5-3-7-17-10/h9-10H,2-8H2,1H3,(H,12,14). The Balaban J connectivity index is 1.84. The second kappa shape index (κ2) is 5.54. The molecule has 2 aliphatic heterocycles. The third-order valence-electron chi connectivity index (χ3n) is 3.48. The van der Waals surface area contributed by atoms with Crippen LogP contribution in [0.2, 0.25) is 0 Å². The van der Waals surface area contributed by atoms with E-state index in [1.807, 2.05) is 0 Å². The molecule has 18 heavy (non-hydrogen) atoms. The zero-order chi connectivity index (χ0) is 13.2. The van der Waals surface area contributed by atoms with Crippen LogP contribution >= 0.6 is 0 Å². The van der Waals surface area contributed by atoms with Gasteiger partial charge in [-0.05, 0) is 25.7 Å². The number of nitrogens with zero attached hydrogens (tertiary/aromatic N) is 1. The molecular formula is C11H20N2O4S. The van der Waals surface area contributed by atoms with Crippen LogP contribution in [0.25, 0.3) is 0 Å². The highest BCUT2D eigenvalue weighted by molar-refractivity contribution is 7.88. The first-order valence-corrected chi connectivity index (χ1v) is 8.19. The molecule has 2 heterocycles. The molecule has 2 saturated heterocycles. The first-order valence-electron chi connectivity index (χ1n) is 6.34. The molecule has 0 aromatic heterocycles. The summed E-state index contributed by atoms with van der Waals surface area (Å²) >= 11 is 0. The Kier molecular flexibility index (Phi) is 4.24. The van der Waals surface area contributed by atoms with Gasteiger partial charge in [-0.25, -0.2) is 8.42 Å². The molecule has 0 spiro atoms. The van der Waals surface area contributed by atoms with E-state index in [1.165, 1.54) is 10.6 Å². The van der Waals surface area contributed by atoms with E-state index >= 15 is 0 Å². The molecule has 2 aliphatic rings. The van der Waals surface area contributed by atoms with Crippen LogP contribution in [0.5, 0.6) is 0 Å². The van der Waals surface area contributed by atoms with Crippen molar-refractivity contribution in [3.8, 4) is 0 Å². The minimum absolute atomic E-state index is 0.106. The van der Waals surface area contributed by atoms with Gasteiger partial charge in [0.2, 0.25) is 15.9 Å². The van der Waals surface area contributed by atoms with Crippen molar-refractivity contribution in [2.24, 2.45) is 0 Å². The first kappa shape index (κ1) is 13.8. The van der Waals surface area contributed by atoms with Crippen LogP contribution in [0.4, 0.5) is 0 Å². The van der Waals surface area contributed by atoms with E-state index < -0.39 is 10.0 Å². The van der Waals surface area contributed by atoms with Gasteiger partial charge in [-0.15, -0.1) is 0 Å². The van der Waals surface area contributed by atoms with Gasteiger partial charge in [0, 0.05) is 25.7 Å². The van der Waals surface area contributed by atoms with E-state index in [0.29, 0.717) is 19.7 Å². The maximum Gasteiger partial charge on any atom is 0.249 e. The van der Waals surface area contributed by atoms with Crippen molar-refractivity contribution < 1.29 is 17.9 Å². The highest BCUT2D eigenvalue weighted by atomic mass is 32.2. The number of hydrogen-bond acceptors (Lipinski definition) is 4. The molecule has 104 valence electrons. The largest absolute Gasteiger partial charge is 0.368 e. The van der Waals surface area contributed by atoms with Gasteiger partial charge < -0.3 is 10.1 Å². The van der Waals surface area contributed by atoms with Crippen LogP contribution in [-0.2, 0) is 19.6 Å². The van der Waals surface area contributed by atoms with Crippen molar-refractivity contribution in [2.75, 3.05) is 26.0 Å². The molecule has 2 fully saturated rings. The van der Waals surface area contributed by atoms with Crippen molar-refractivity contribution in [1.29, 1.82) is 0 Å². The van der Waals surface area contributed by atoms with Gasteiger partial charge >= 0.3 is 0 Å². The maximum atomic E-state index is 11.8. The summed E-state index contributed by atoms with van der Waals surface area (Å²) in [5.74, 6) is -0.118. The number of ether oxygens (including phenoxy) is 1. The van der Waals surface area contributed by atoms with Crippen LogP contribution in [-0.4, -0.2) is 56.7 Å². The van der Waals surface area contributed by atoms with Crippen molar-refractivity contribution in [3.63, 3.8) is 0 Å². The molecular weight excluding hydrogens is 256 g/mol. The Morgan fingerprint density at radius 3 is 2.78 bits per heavy atom. The molecule has 6 nitrogen and oxygen atoms in total. The summed E-state index contributed by atoms with van der Waals surface area (Å²) in [6.45, 7) is 1.57. The Hall–Kier alpha value is -0.660. The molecule has 7 heteroatoms. The van der Waals surface area contributed by atoms with Gasteiger partial charge in [-0.3, -0.25) is 4.79 Å². The second-order valence-corrected chi connectivity index (χ2v) is 6.85. The predicted octanol–water partition coefficient (Wildman–Crippen LogP) is -0.294. The fourth-order valence-corrected chi connectivity index (χ4v) is 3.75. The lowest BCUT2D eigenvalue weighted by Gasteiger charge is -2.22. The van der Waals surface area contributed by atoms with E-state index in [9.17, 15) is 13.2 Å². The van der Waals surface area contributed by atoms with E-state index in [0.717, 1.165) is 25.7 Å². The number of rotatable bonds is 4. The molecule has 1 N–H and O–H groups in total. The van der Waals surface area contributed by atoms with E-state index in [1.54, 1.807) is 0 Å². The third kappa shape index (κ3) is 3.21. The van der Waals surface area contributed by atoms with Crippen LogP contribution < -0.4 is 5.32 Å². The number of carbonyl (C=O) groups excluding carboxylic acids is 1. The lowest BCUT2D eigenvalue weighted by atomic mass is 10.2. The fourth-order valence-electron chi connectivity index (χ4n) is 2.57. The molecule has 0 radical (unpaired) electrons. The quantitative estimate of drug-likeness (QED) is 0.765. The Morgan fingerprint density at radius 1 is 1.39 bits per heavy atom. The SMILES string of the molecule is CS(=O)(=O)N1CCCC1CNC(=O)C1CCCO1. The highest BCUT2D eigenvalue weighted by Crippen LogP contribution is 2.20. The van der Waals surface area contributed by atoms with Crippen LogP contribution in [0.1, 0.15) is 25.7 Å². The lowest BCUT2D eigenvalue weighted by molar-refractivity contribution is -0.130. The predicted molar refractivity (Wildman–Crippen MR) is 66.6 cm³/mol. The van der Waals surface area contributed by atoms with Crippen molar-refractivity contribution in [2.45, 2.75) is 37.8 Å². The van der Waals surface area contributed by atoms with E-state index in [-0.39, 0.29) is 18.1 Å². The third-order valence-corrected chi connectivity index (χ3v) is 4.82. The minimum atomic E-state index is -3.17. The number of nitrogens with one attached hydrogen (secondary N) is 1. The number of carbonyl (C=O) groups is 1. The highest BCUT2D eigenvalue weighted by Gasteiger charge is 2.32. The summed E-state index contributed by atoms with van der Waals surface area (Å²) in [6.07, 6.45) is 4.20. The summed E-state index contributed by atoms with van der Waals surface area (Å²) < 4.78 is 29.8. The molecule has 2 unspecified atom stereocenters. The molecule has 1 amide bonds. The van der Waals surface area contributed by atoms with Gasteiger partial charge in [0.1, 0.15) is 6.10 Å². The van der Waals surface area contributed by atoms with Gasteiger partial charge in [0.25, 0.3) is 0 Å². The van der Waals surface area contributed by atoms with Crippen molar-refractivity contribution in [3.05, 3.63) is 0 Å². The van der Waals surface area contributed by atoms with Crippen molar-refractivity contribution >= 4 is 15.9 Å². The average Bonchev–Trinajstić information content (AvgIpc) is 2.95. The zero-order valence-corrected chi connectivity index (χ0v) is 11.4. The molecule has 0 aromatic rings. The van der Waals surface area contributed by atoms with Gasteiger partial charge in [0.15, 0.2) is 0 Å². The average molecular weight is 276 g/mol. The number of amides is 1. The normalized spacial score (nSPS) is 29.6. The summed E-state index contributed by atoms with van der Waals surface area (Å²) in [5, 5.41) is 2.80. The van der Waals surface area contributed by atoms with E-state index in [4.69, 9.17) is 4.74 Å². The topological polar surface area (TPSA) is 75.7 Å². The summed E-state index contributed by atoms with van der Waals surface area (Å²) in [5.41, 5.74) is 0.